The number of aliphatic carboxylic acids is 1. The van der Waals surface area contributed by atoms with Gasteiger partial charge < -0.3 is 15.2 Å². The first-order chi connectivity index (χ1) is 17.2. The minimum absolute atomic E-state index is 0.191. The van der Waals surface area contributed by atoms with Crippen molar-refractivity contribution in [1.29, 1.82) is 0 Å². The zero-order valence-corrected chi connectivity index (χ0v) is 19.0. The smallest absolute Gasteiger partial charge is 0.416 e. The normalized spacial score (nSPS) is 12.2. The van der Waals surface area contributed by atoms with Gasteiger partial charge in [0.25, 0.3) is 5.91 Å². The van der Waals surface area contributed by atoms with E-state index in [0.29, 0.717) is 12.4 Å². The van der Waals surface area contributed by atoms with Crippen molar-refractivity contribution in [2.75, 3.05) is 0 Å². The number of hydrogen-bond acceptors (Lipinski definition) is 3. The largest absolute Gasteiger partial charge is 0.489 e. The van der Waals surface area contributed by atoms with Crippen LogP contribution in [0.25, 0.3) is 10.8 Å². The van der Waals surface area contributed by atoms with Crippen molar-refractivity contribution in [3.8, 4) is 5.75 Å². The van der Waals surface area contributed by atoms with Gasteiger partial charge in [-0.2, -0.15) is 13.2 Å². The molecule has 0 radical (unpaired) electrons. The lowest BCUT2D eigenvalue weighted by molar-refractivity contribution is -0.141. The summed E-state index contributed by atoms with van der Waals surface area (Å²) >= 11 is 0. The predicted molar refractivity (Wildman–Crippen MR) is 129 cm³/mol. The summed E-state index contributed by atoms with van der Waals surface area (Å²) in [5.41, 5.74) is 0.0759. The maximum atomic E-state index is 13.3. The average Bonchev–Trinajstić information content (AvgIpc) is 2.86. The molecule has 0 aliphatic heterocycles. The summed E-state index contributed by atoms with van der Waals surface area (Å²) in [4.78, 5) is 24.5. The molecule has 4 rings (SSSR count). The summed E-state index contributed by atoms with van der Waals surface area (Å²) in [7, 11) is 0. The third kappa shape index (κ3) is 6.02. The summed E-state index contributed by atoms with van der Waals surface area (Å²) in [6.45, 7) is 0.404. The van der Waals surface area contributed by atoms with Crippen LogP contribution in [0.2, 0.25) is 0 Å². The molecule has 5 nitrogen and oxygen atoms in total. The molecule has 2 N–H and O–H groups in total. The Morgan fingerprint density at radius 3 is 2.25 bits per heavy atom. The number of benzene rings is 4. The lowest BCUT2D eigenvalue weighted by atomic mass is 9.99. The SMILES string of the molecule is O=C(NC(Cc1ccccc1C(F)(F)F)C(=O)O)c1ccc2cc(OCc3ccccc3)ccc2c1. The van der Waals surface area contributed by atoms with Gasteiger partial charge in [0.2, 0.25) is 0 Å². The van der Waals surface area contributed by atoms with E-state index in [1.807, 2.05) is 36.4 Å². The second kappa shape index (κ2) is 10.5. The number of carboxylic acids is 1. The topological polar surface area (TPSA) is 75.6 Å². The van der Waals surface area contributed by atoms with Crippen LogP contribution in [-0.2, 0) is 24.0 Å². The number of halogens is 3. The Morgan fingerprint density at radius 2 is 1.53 bits per heavy atom. The van der Waals surface area contributed by atoms with Gasteiger partial charge in [-0.05, 0) is 52.2 Å². The molecule has 0 aliphatic rings. The highest BCUT2D eigenvalue weighted by molar-refractivity contribution is 6.00. The predicted octanol–water partition coefficient (Wildman–Crippen LogP) is 5.86. The summed E-state index contributed by atoms with van der Waals surface area (Å²) in [5, 5.41) is 13.4. The van der Waals surface area contributed by atoms with Gasteiger partial charge in [0.1, 0.15) is 18.4 Å². The fraction of sp³-hybridized carbons (Fsp3) is 0.143. The molecular weight excluding hydrogens is 471 g/mol. The first kappa shape index (κ1) is 24.8. The van der Waals surface area contributed by atoms with Gasteiger partial charge in [0, 0.05) is 12.0 Å². The number of carboxylic acid groups (broad SMARTS) is 1. The maximum absolute atomic E-state index is 13.3. The van der Waals surface area contributed by atoms with E-state index in [-0.39, 0.29) is 11.1 Å². The lowest BCUT2D eigenvalue weighted by Gasteiger charge is -2.18. The lowest BCUT2D eigenvalue weighted by Crippen LogP contribution is -2.42. The van der Waals surface area contributed by atoms with Crippen LogP contribution in [0.15, 0.2) is 91.0 Å². The van der Waals surface area contributed by atoms with Gasteiger partial charge in [-0.15, -0.1) is 0 Å². The minimum Gasteiger partial charge on any atom is -0.489 e. The Hall–Kier alpha value is -4.33. The molecule has 0 saturated heterocycles. The van der Waals surface area contributed by atoms with Crippen LogP contribution in [0, 0.1) is 0 Å². The molecule has 0 aliphatic carbocycles. The van der Waals surface area contributed by atoms with Crippen LogP contribution in [0.4, 0.5) is 13.2 Å². The van der Waals surface area contributed by atoms with E-state index in [0.717, 1.165) is 22.4 Å². The zero-order valence-electron chi connectivity index (χ0n) is 19.0. The monoisotopic (exact) mass is 493 g/mol. The van der Waals surface area contributed by atoms with Gasteiger partial charge in [0.15, 0.2) is 0 Å². The number of amides is 1. The third-order valence-corrected chi connectivity index (χ3v) is 5.67. The van der Waals surface area contributed by atoms with Crippen molar-refractivity contribution < 1.29 is 32.6 Å². The molecule has 0 heterocycles. The van der Waals surface area contributed by atoms with E-state index in [2.05, 4.69) is 5.32 Å². The first-order valence-corrected chi connectivity index (χ1v) is 11.1. The quantitative estimate of drug-likeness (QED) is 0.322. The van der Waals surface area contributed by atoms with Gasteiger partial charge in [-0.1, -0.05) is 60.7 Å². The molecule has 1 amide bonds. The second-order valence-electron chi connectivity index (χ2n) is 8.22. The second-order valence-corrected chi connectivity index (χ2v) is 8.22. The number of rotatable bonds is 8. The van der Waals surface area contributed by atoms with Crippen molar-refractivity contribution in [1.82, 2.24) is 5.32 Å². The number of hydrogen-bond donors (Lipinski definition) is 2. The highest BCUT2D eigenvalue weighted by Crippen LogP contribution is 2.32. The number of fused-ring (bicyclic) bond motifs is 1. The van der Waals surface area contributed by atoms with Crippen molar-refractivity contribution in [3.05, 3.63) is 113 Å². The van der Waals surface area contributed by atoms with Gasteiger partial charge >= 0.3 is 12.1 Å². The van der Waals surface area contributed by atoms with E-state index >= 15 is 0 Å². The van der Waals surface area contributed by atoms with Gasteiger partial charge in [0.05, 0.1) is 5.56 Å². The number of carbonyl (C=O) groups is 2. The van der Waals surface area contributed by atoms with Crippen LogP contribution < -0.4 is 10.1 Å². The molecule has 0 aromatic heterocycles. The summed E-state index contributed by atoms with van der Waals surface area (Å²) in [5.74, 6) is -1.47. The van der Waals surface area contributed by atoms with Crippen molar-refractivity contribution in [2.24, 2.45) is 0 Å². The van der Waals surface area contributed by atoms with Crippen LogP contribution in [0.3, 0.4) is 0 Å². The molecule has 8 heteroatoms. The van der Waals surface area contributed by atoms with E-state index in [1.165, 1.54) is 24.3 Å². The maximum Gasteiger partial charge on any atom is 0.416 e. The molecule has 1 atom stereocenters. The molecular formula is C28H22F3NO4. The molecule has 4 aromatic rings. The Morgan fingerprint density at radius 1 is 0.861 bits per heavy atom. The Kier molecular flexibility index (Phi) is 7.24. The molecule has 4 aromatic carbocycles. The molecule has 0 saturated carbocycles. The molecule has 0 bridgehead atoms. The van der Waals surface area contributed by atoms with E-state index < -0.39 is 36.1 Å². The van der Waals surface area contributed by atoms with Crippen LogP contribution in [0.1, 0.15) is 27.0 Å². The first-order valence-electron chi connectivity index (χ1n) is 11.1. The Bertz CT molecular complexity index is 1390. The fourth-order valence-corrected chi connectivity index (χ4v) is 3.83. The average molecular weight is 493 g/mol. The van der Waals surface area contributed by atoms with E-state index in [9.17, 15) is 27.9 Å². The Labute approximate surface area is 205 Å². The van der Waals surface area contributed by atoms with E-state index in [1.54, 1.807) is 24.3 Å². The summed E-state index contributed by atoms with van der Waals surface area (Å²) in [6.07, 6.45) is -5.14. The van der Waals surface area contributed by atoms with Crippen molar-refractivity contribution in [2.45, 2.75) is 25.2 Å². The third-order valence-electron chi connectivity index (χ3n) is 5.67. The molecule has 36 heavy (non-hydrogen) atoms. The number of nitrogens with one attached hydrogen (secondary N) is 1. The summed E-state index contributed by atoms with van der Waals surface area (Å²) < 4.78 is 45.7. The van der Waals surface area contributed by atoms with Crippen molar-refractivity contribution in [3.63, 3.8) is 0 Å². The van der Waals surface area contributed by atoms with E-state index in [4.69, 9.17) is 4.74 Å². The van der Waals surface area contributed by atoms with Crippen LogP contribution in [-0.4, -0.2) is 23.0 Å². The number of carbonyl (C=O) groups excluding carboxylic acids is 1. The highest BCUT2D eigenvalue weighted by Gasteiger charge is 2.34. The number of ether oxygens (including phenoxy) is 1. The standard InChI is InChI=1S/C28H22F3NO4/c29-28(30,31)24-9-5-4-8-21(24)16-25(27(34)35)32-26(33)22-11-10-20-15-23(13-12-19(20)14-22)36-17-18-6-2-1-3-7-18/h1-15,25H,16-17H2,(H,32,33)(H,34,35). The Balaban J connectivity index is 1.48. The zero-order chi connectivity index (χ0) is 25.7. The van der Waals surface area contributed by atoms with Crippen LogP contribution in [0.5, 0.6) is 5.75 Å². The van der Waals surface area contributed by atoms with Gasteiger partial charge in [-0.3, -0.25) is 4.79 Å². The molecule has 0 spiro atoms. The molecule has 1 unspecified atom stereocenters. The molecule has 0 fully saturated rings. The van der Waals surface area contributed by atoms with Crippen molar-refractivity contribution >= 4 is 22.6 Å². The van der Waals surface area contributed by atoms with Gasteiger partial charge in [-0.25, -0.2) is 4.79 Å². The fourth-order valence-electron chi connectivity index (χ4n) is 3.83. The van der Waals surface area contributed by atoms with Crippen LogP contribution >= 0.6 is 0 Å². The minimum atomic E-state index is -4.63. The summed E-state index contributed by atoms with van der Waals surface area (Å²) in [6, 6.07) is 23.1. The molecule has 184 valence electrons. The number of alkyl halides is 3. The highest BCUT2D eigenvalue weighted by atomic mass is 19.4.